The van der Waals surface area contributed by atoms with Crippen LogP contribution in [0.4, 0.5) is 26.3 Å². The molecule has 4 heterocycles. The second kappa shape index (κ2) is 13.2. The van der Waals surface area contributed by atoms with Crippen LogP contribution in [0, 0.1) is 5.41 Å². The number of hydrogen-bond acceptors (Lipinski definition) is 6. The van der Waals surface area contributed by atoms with Gasteiger partial charge < -0.3 is 19.8 Å². The number of nitrogens with zero attached hydrogens (tertiary/aromatic N) is 3. The van der Waals surface area contributed by atoms with Gasteiger partial charge in [-0.25, -0.2) is 9.59 Å². The first-order chi connectivity index (χ1) is 17.6. The van der Waals surface area contributed by atoms with Gasteiger partial charge in [-0.1, -0.05) is 6.07 Å². The molecular weight excluding hydrogens is 528 g/mol. The lowest BCUT2D eigenvalue weighted by atomic mass is 9.79. The molecule has 3 saturated heterocycles. The van der Waals surface area contributed by atoms with Gasteiger partial charge in [0.1, 0.15) is 0 Å². The second-order valence-electron chi connectivity index (χ2n) is 9.30. The number of aliphatic carboxylic acids is 2. The van der Waals surface area contributed by atoms with E-state index in [0.717, 1.165) is 44.8 Å². The molecule has 2 atom stereocenters. The highest BCUT2D eigenvalue weighted by Gasteiger charge is 2.44. The quantitative estimate of drug-likeness (QED) is 0.545. The summed E-state index contributed by atoms with van der Waals surface area (Å²) in [4.78, 5) is 39.3. The SMILES string of the molecule is O=C(Cc1cccnc1)N1CCCC2(CCN(C3CCOC3)C2)C1.O=C(O)C(F)(F)F.O=C(O)C(F)(F)F. The molecule has 1 amide bonds. The van der Waals surface area contributed by atoms with Crippen molar-refractivity contribution in [3.63, 3.8) is 0 Å². The van der Waals surface area contributed by atoms with E-state index >= 15 is 0 Å². The van der Waals surface area contributed by atoms with E-state index in [0.29, 0.717) is 17.9 Å². The number of pyridine rings is 1. The number of ether oxygens (including phenoxy) is 1. The molecule has 214 valence electrons. The maximum absolute atomic E-state index is 12.7. The van der Waals surface area contributed by atoms with Crippen LogP contribution in [0.2, 0.25) is 0 Å². The molecule has 3 fully saturated rings. The number of aromatic nitrogens is 1. The molecule has 2 unspecified atom stereocenters. The van der Waals surface area contributed by atoms with E-state index < -0.39 is 24.3 Å². The van der Waals surface area contributed by atoms with Crippen molar-refractivity contribution in [3.05, 3.63) is 30.1 Å². The number of carbonyl (C=O) groups excluding carboxylic acids is 1. The first kappa shape index (κ1) is 31.3. The molecule has 4 rings (SSSR count). The van der Waals surface area contributed by atoms with Gasteiger partial charge in [-0.3, -0.25) is 14.7 Å². The van der Waals surface area contributed by atoms with Crippen LogP contribution >= 0.6 is 0 Å². The number of hydrogen-bond donors (Lipinski definition) is 2. The fraction of sp³-hybridized carbons (Fsp3) is 0.652. The summed E-state index contributed by atoms with van der Waals surface area (Å²) in [5.74, 6) is -5.26. The number of carboxylic acid groups (broad SMARTS) is 2. The third kappa shape index (κ3) is 9.74. The van der Waals surface area contributed by atoms with Gasteiger partial charge in [0.15, 0.2) is 0 Å². The van der Waals surface area contributed by atoms with Crippen molar-refractivity contribution < 1.29 is 55.7 Å². The summed E-state index contributed by atoms with van der Waals surface area (Å²) < 4.78 is 69.0. The highest BCUT2D eigenvalue weighted by Crippen LogP contribution is 2.40. The summed E-state index contributed by atoms with van der Waals surface area (Å²) >= 11 is 0. The van der Waals surface area contributed by atoms with E-state index in [4.69, 9.17) is 24.5 Å². The predicted octanol–water partition coefficient (Wildman–Crippen LogP) is 2.99. The van der Waals surface area contributed by atoms with E-state index in [1.807, 2.05) is 12.1 Å². The normalized spacial score (nSPS) is 23.7. The van der Waals surface area contributed by atoms with Crippen molar-refractivity contribution in [1.29, 1.82) is 0 Å². The van der Waals surface area contributed by atoms with Crippen molar-refractivity contribution in [2.24, 2.45) is 5.41 Å². The number of piperidine rings is 1. The largest absolute Gasteiger partial charge is 0.490 e. The van der Waals surface area contributed by atoms with Crippen LogP contribution in [0.3, 0.4) is 0 Å². The van der Waals surface area contributed by atoms with E-state index in [1.165, 1.54) is 25.8 Å². The Morgan fingerprint density at radius 3 is 2.16 bits per heavy atom. The lowest BCUT2D eigenvalue weighted by molar-refractivity contribution is -0.193. The second-order valence-corrected chi connectivity index (χ2v) is 9.30. The van der Waals surface area contributed by atoms with Crippen LogP contribution in [-0.2, 0) is 25.5 Å². The Labute approximate surface area is 214 Å². The first-order valence-corrected chi connectivity index (χ1v) is 11.7. The molecule has 3 aliphatic heterocycles. The fourth-order valence-electron chi connectivity index (χ4n) is 4.63. The van der Waals surface area contributed by atoms with Crippen LogP contribution in [0.1, 0.15) is 31.2 Å². The molecule has 1 aromatic heterocycles. The Morgan fingerprint density at radius 1 is 1.03 bits per heavy atom. The molecule has 0 radical (unpaired) electrons. The Morgan fingerprint density at radius 2 is 1.66 bits per heavy atom. The van der Waals surface area contributed by atoms with E-state index in [1.54, 1.807) is 12.4 Å². The Bertz CT molecular complexity index is 916. The minimum Gasteiger partial charge on any atom is -0.475 e. The molecule has 1 aromatic rings. The van der Waals surface area contributed by atoms with Crippen LogP contribution in [0.25, 0.3) is 0 Å². The minimum absolute atomic E-state index is 0.254. The van der Waals surface area contributed by atoms with Crippen LogP contribution in [0.15, 0.2) is 24.5 Å². The average molecular weight is 557 g/mol. The number of likely N-dealkylation sites (tertiary alicyclic amines) is 2. The molecule has 3 aliphatic rings. The molecule has 9 nitrogen and oxygen atoms in total. The molecule has 0 saturated carbocycles. The summed E-state index contributed by atoms with van der Waals surface area (Å²) in [7, 11) is 0. The molecule has 0 aliphatic carbocycles. The predicted molar refractivity (Wildman–Crippen MR) is 119 cm³/mol. The number of carboxylic acids is 2. The fourth-order valence-corrected chi connectivity index (χ4v) is 4.63. The van der Waals surface area contributed by atoms with Gasteiger partial charge in [-0.05, 0) is 43.9 Å². The number of rotatable bonds is 3. The molecule has 38 heavy (non-hydrogen) atoms. The zero-order valence-corrected chi connectivity index (χ0v) is 20.3. The van der Waals surface area contributed by atoms with Crippen molar-refractivity contribution in [2.75, 3.05) is 39.4 Å². The third-order valence-corrected chi connectivity index (χ3v) is 6.47. The highest BCUT2D eigenvalue weighted by molar-refractivity contribution is 5.78. The lowest BCUT2D eigenvalue weighted by Gasteiger charge is -2.41. The maximum Gasteiger partial charge on any atom is 0.490 e. The number of carbonyl (C=O) groups is 3. The average Bonchev–Trinajstić information content (AvgIpc) is 3.50. The molecule has 0 aromatic carbocycles. The monoisotopic (exact) mass is 557 g/mol. The number of amides is 1. The van der Waals surface area contributed by atoms with Crippen molar-refractivity contribution >= 4 is 17.8 Å². The summed E-state index contributed by atoms with van der Waals surface area (Å²) in [6.07, 6.45) is -1.36. The Kier molecular flexibility index (Phi) is 10.9. The summed E-state index contributed by atoms with van der Waals surface area (Å²) in [5.41, 5.74) is 1.32. The first-order valence-electron chi connectivity index (χ1n) is 11.7. The lowest BCUT2D eigenvalue weighted by Crippen LogP contribution is -2.48. The summed E-state index contributed by atoms with van der Waals surface area (Å²) in [6, 6.07) is 4.49. The topological polar surface area (TPSA) is 120 Å². The van der Waals surface area contributed by atoms with Crippen LogP contribution in [-0.4, -0.2) is 101 Å². The van der Waals surface area contributed by atoms with Gasteiger partial charge in [0.05, 0.1) is 13.0 Å². The highest BCUT2D eigenvalue weighted by atomic mass is 19.4. The maximum atomic E-state index is 12.7. The van der Waals surface area contributed by atoms with Gasteiger partial charge in [0.25, 0.3) is 0 Å². The molecule has 15 heteroatoms. The Balaban J connectivity index is 0.000000301. The number of halogens is 6. The summed E-state index contributed by atoms with van der Waals surface area (Å²) in [6.45, 7) is 5.93. The molecular formula is C23H29F6N3O6. The van der Waals surface area contributed by atoms with Crippen molar-refractivity contribution in [1.82, 2.24) is 14.8 Å². The standard InChI is InChI=1S/C19H27N3O2.2C2HF3O2/c23-18(11-16-3-1-7-20-12-16)22-8-2-5-19(15-22)6-9-21(14-19)17-4-10-24-13-17;2*3-2(4,5)1(6)7/h1,3,7,12,17H,2,4-6,8-11,13-15H2;2*(H,6,7). The summed E-state index contributed by atoms with van der Waals surface area (Å²) in [5, 5.41) is 14.2. The van der Waals surface area contributed by atoms with Gasteiger partial charge in [0, 0.05) is 50.1 Å². The van der Waals surface area contributed by atoms with Gasteiger partial charge >= 0.3 is 24.3 Å². The van der Waals surface area contributed by atoms with Crippen molar-refractivity contribution in [2.45, 2.75) is 50.5 Å². The van der Waals surface area contributed by atoms with E-state index in [2.05, 4.69) is 14.8 Å². The molecule has 0 bridgehead atoms. The zero-order valence-electron chi connectivity index (χ0n) is 20.3. The smallest absolute Gasteiger partial charge is 0.475 e. The third-order valence-electron chi connectivity index (χ3n) is 6.47. The minimum atomic E-state index is -5.08. The van der Waals surface area contributed by atoms with Gasteiger partial charge in [-0.2, -0.15) is 26.3 Å². The molecule has 1 spiro atoms. The van der Waals surface area contributed by atoms with Gasteiger partial charge in [-0.15, -0.1) is 0 Å². The van der Waals surface area contributed by atoms with E-state index in [9.17, 15) is 31.1 Å². The zero-order chi connectivity index (χ0) is 28.6. The van der Waals surface area contributed by atoms with Crippen LogP contribution in [0.5, 0.6) is 0 Å². The van der Waals surface area contributed by atoms with Crippen molar-refractivity contribution in [3.8, 4) is 0 Å². The van der Waals surface area contributed by atoms with Gasteiger partial charge in [0.2, 0.25) is 5.91 Å². The number of alkyl halides is 6. The van der Waals surface area contributed by atoms with E-state index in [-0.39, 0.29) is 5.91 Å². The Hall–Kier alpha value is -2.94. The van der Waals surface area contributed by atoms with Crippen LogP contribution < -0.4 is 0 Å². The molecule has 2 N–H and O–H groups in total.